The van der Waals surface area contributed by atoms with Gasteiger partial charge in [0.1, 0.15) is 0 Å². The zero-order valence-corrected chi connectivity index (χ0v) is 16.8. The second-order valence-electron chi connectivity index (χ2n) is 6.45. The van der Waals surface area contributed by atoms with Gasteiger partial charge in [0, 0.05) is 43.8 Å². The van der Waals surface area contributed by atoms with Gasteiger partial charge in [-0.15, -0.1) is 0 Å². The molecule has 26 heavy (non-hydrogen) atoms. The first-order valence-electron chi connectivity index (χ1n) is 8.38. The van der Waals surface area contributed by atoms with E-state index in [9.17, 15) is 8.42 Å². The predicted molar refractivity (Wildman–Crippen MR) is 101 cm³/mol. The average Bonchev–Trinajstić information content (AvgIpc) is 3.01. The van der Waals surface area contributed by atoms with Crippen LogP contribution in [0, 0.1) is 6.92 Å². The van der Waals surface area contributed by atoms with Crippen LogP contribution in [0.4, 0.5) is 0 Å². The molecule has 0 bridgehead atoms. The van der Waals surface area contributed by atoms with Crippen molar-refractivity contribution in [2.75, 3.05) is 38.5 Å². The van der Waals surface area contributed by atoms with E-state index >= 15 is 0 Å². The van der Waals surface area contributed by atoms with E-state index in [0.29, 0.717) is 11.6 Å². The van der Waals surface area contributed by atoms with Gasteiger partial charge in [-0.1, -0.05) is 28.4 Å². The summed E-state index contributed by atoms with van der Waals surface area (Å²) in [7, 11) is -3.47. The summed E-state index contributed by atoms with van der Waals surface area (Å²) in [6.45, 7) is 6.44. The lowest BCUT2D eigenvalue weighted by Gasteiger charge is -2.34. The summed E-state index contributed by atoms with van der Waals surface area (Å²) in [6, 6.07) is 6.45. The first kappa shape index (κ1) is 19.6. The molecule has 9 heteroatoms. The Hall–Kier alpha value is -1.12. The number of rotatable bonds is 6. The summed E-state index contributed by atoms with van der Waals surface area (Å²) in [5.41, 5.74) is 0.878. The molecule has 1 aliphatic heterocycles. The van der Waals surface area contributed by atoms with Crippen molar-refractivity contribution in [2.24, 2.45) is 0 Å². The number of hydrogen-bond donors (Lipinski definition) is 0. The van der Waals surface area contributed by atoms with Crippen molar-refractivity contribution in [3.63, 3.8) is 0 Å². The molecule has 142 valence electrons. The molecule has 0 atom stereocenters. The van der Waals surface area contributed by atoms with Gasteiger partial charge in [0.25, 0.3) is 0 Å². The Kier molecular flexibility index (Phi) is 6.25. The van der Waals surface area contributed by atoms with Crippen LogP contribution in [0.25, 0.3) is 0 Å². The lowest BCUT2D eigenvalue weighted by molar-refractivity contribution is 0.123. The molecule has 0 spiro atoms. The largest absolute Gasteiger partial charge is 0.360 e. The topological polar surface area (TPSA) is 66.7 Å². The Morgan fingerprint density at radius 1 is 1.12 bits per heavy atom. The van der Waals surface area contributed by atoms with E-state index in [1.165, 1.54) is 12.1 Å². The van der Waals surface area contributed by atoms with Gasteiger partial charge in [0.15, 0.2) is 15.6 Å². The van der Waals surface area contributed by atoms with Crippen LogP contribution in [0.3, 0.4) is 0 Å². The third-order valence-electron chi connectivity index (χ3n) is 4.43. The van der Waals surface area contributed by atoms with E-state index in [4.69, 9.17) is 27.7 Å². The number of aromatic nitrogens is 1. The second kappa shape index (κ2) is 8.27. The van der Waals surface area contributed by atoms with Crippen LogP contribution < -0.4 is 0 Å². The normalized spacial score (nSPS) is 16.9. The van der Waals surface area contributed by atoms with Crippen molar-refractivity contribution in [3.05, 3.63) is 45.8 Å². The monoisotopic (exact) mass is 417 g/mol. The molecule has 3 rings (SSSR count). The lowest BCUT2D eigenvalue weighted by atomic mass is 10.3. The fourth-order valence-electron chi connectivity index (χ4n) is 2.96. The number of benzene rings is 1. The quantitative estimate of drug-likeness (QED) is 0.719. The fourth-order valence-corrected chi connectivity index (χ4v) is 5.05. The van der Waals surface area contributed by atoms with Crippen LogP contribution in [0.5, 0.6) is 0 Å². The molecule has 1 aliphatic rings. The summed E-state index contributed by atoms with van der Waals surface area (Å²) in [5, 5.41) is 4.47. The van der Waals surface area contributed by atoms with Gasteiger partial charge in [0.2, 0.25) is 0 Å². The van der Waals surface area contributed by atoms with Crippen molar-refractivity contribution in [1.29, 1.82) is 0 Å². The van der Waals surface area contributed by atoms with Gasteiger partial charge in [0.05, 0.1) is 27.9 Å². The molecule has 1 saturated heterocycles. The molecular formula is C17H21Cl2N3O3S. The SMILES string of the molecule is Cc1cc(CN2CCN(CCS(=O)(=O)c3cc(Cl)ccc3Cl)CC2)on1. The minimum atomic E-state index is -3.47. The lowest BCUT2D eigenvalue weighted by Crippen LogP contribution is -2.47. The van der Waals surface area contributed by atoms with E-state index in [1.54, 1.807) is 6.07 Å². The molecule has 0 radical (unpaired) electrons. The first-order chi connectivity index (χ1) is 12.3. The number of piperazine rings is 1. The molecule has 0 amide bonds. The minimum Gasteiger partial charge on any atom is -0.360 e. The molecule has 0 saturated carbocycles. The Balaban J connectivity index is 1.51. The maximum Gasteiger partial charge on any atom is 0.181 e. The third kappa shape index (κ3) is 4.98. The molecule has 0 aliphatic carbocycles. The molecule has 2 heterocycles. The summed E-state index contributed by atoms with van der Waals surface area (Å²) in [5.74, 6) is 0.878. The standard InChI is InChI=1S/C17H21Cl2N3O3S/c1-13-10-15(25-20-13)12-22-6-4-21(5-7-22)8-9-26(23,24)17-11-14(18)2-3-16(17)19/h2-3,10-11H,4-9,12H2,1H3. The molecule has 1 aromatic heterocycles. The highest BCUT2D eigenvalue weighted by atomic mass is 35.5. The highest BCUT2D eigenvalue weighted by Crippen LogP contribution is 2.26. The van der Waals surface area contributed by atoms with Crippen LogP contribution in [-0.2, 0) is 16.4 Å². The maximum atomic E-state index is 12.6. The zero-order valence-electron chi connectivity index (χ0n) is 14.5. The van der Waals surface area contributed by atoms with Crippen LogP contribution >= 0.6 is 23.2 Å². The van der Waals surface area contributed by atoms with Crippen molar-refractivity contribution in [3.8, 4) is 0 Å². The Morgan fingerprint density at radius 2 is 1.81 bits per heavy atom. The highest BCUT2D eigenvalue weighted by molar-refractivity contribution is 7.91. The first-order valence-corrected chi connectivity index (χ1v) is 10.8. The van der Waals surface area contributed by atoms with E-state index < -0.39 is 9.84 Å². The van der Waals surface area contributed by atoms with Gasteiger partial charge in [-0.25, -0.2) is 8.42 Å². The van der Waals surface area contributed by atoms with Crippen molar-refractivity contribution in [1.82, 2.24) is 15.0 Å². The summed E-state index contributed by atoms with van der Waals surface area (Å²) in [6.07, 6.45) is 0. The van der Waals surface area contributed by atoms with Gasteiger partial charge in [-0.2, -0.15) is 0 Å². The summed E-state index contributed by atoms with van der Waals surface area (Å²) in [4.78, 5) is 4.53. The van der Waals surface area contributed by atoms with Crippen molar-refractivity contribution >= 4 is 33.0 Å². The molecule has 0 unspecified atom stereocenters. The summed E-state index contributed by atoms with van der Waals surface area (Å²) < 4.78 is 30.4. The second-order valence-corrected chi connectivity index (χ2v) is 9.37. The van der Waals surface area contributed by atoms with Crippen LogP contribution in [0.1, 0.15) is 11.5 Å². The van der Waals surface area contributed by atoms with Crippen LogP contribution in [0.15, 0.2) is 33.7 Å². The molecule has 6 nitrogen and oxygen atoms in total. The molecule has 1 aromatic carbocycles. The highest BCUT2D eigenvalue weighted by Gasteiger charge is 2.23. The van der Waals surface area contributed by atoms with Gasteiger partial charge in [-0.05, 0) is 25.1 Å². The Morgan fingerprint density at radius 3 is 2.46 bits per heavy atom. The third-order valence-corrected chi connectivity index (χ3v) is 6.83. The van der Waals surface area contributed by atoms with Gasteiger partial charge < -0.3 is 4.52 Å². The number of hydrogen-bond acceptors (Lipinski definition) is 6. The number of aryl methyl sites for hydroxylation is 1. The van der Waals surface area contributed by atoms with Crippen molar-refractivity contribution in [2.45, 2.75) is 18.4 Å². The number of halogens is 2. The zero-order chi connectivity index (χ0) is 18.7. The minimum absolute atomic E-state index is 0.0222. The average molecular weight is 418 g/mol. The van der Waals surface area contributed by atoms with Gasteiger partial charge >= 0.3 is 0 Å². The molecule has 1 fully saturated rings. The fraction of sp³-hybridized carbons (Fsp3) is 0.471. The Labute approximate surface area is 163 Å². The predicted octanol–water partition coefficient (Wildman–Crippen LogP) is 2.88. The van der Waals surface area contributed by atoms with Crippen LogP contribution in [0.2, 0.25) is 10.0 Å². The Bertz CT molecular complexity index is 862. The number of sulfone groups is 1. The van der Waals surface area contributed by atoms with E-state index in [1.807, 2.05) is 13.0 Å². The van der Waals surface area contributed by atoms with E-state index in [-0.39, 0.29) is 15.7 Å². The van der Waals surface area contributed by atoms with Crippen LogP contribution in [-0.4, -0.2) is 61.9 Å². The smallest absolute Gasteiger partial charge is 0.181 e. The van der Waals surface area contributed by atoms with Gasteiger partial charge in [-0.3, -0.25) is 9.80 Å². The van der Waals surface area contributed by atoms with E-state index in [2.05, 4.69) is 15.0 Å². The molecular weight excluding hydrogens is 397 g/mol. The number of nitrogens with zero attached hydrogens (tertiary/aromatic N) is 3. The van der Waals surface area contributed by atoms with Crippen molar-refractivity contribution < 1.29 is 12.9 Å². The molecule has 2 aromatic rings. The van der Waals surface area contributed by atoms with E-state index in [0.717, 1.165) is 44.2 Å². The molecule has 0 N–H and O–H groups in total. The summed E-state index contributed by atoms with van der Waals surface area (Å²) >= 11 is 11.9. The maximum absolute atomic E-state index is 12.6.